The minimum absolute atomic E-state index is 0.139. The maximum Gasteiger partial charge on any atom is 0.315 e. The van der Waals surface area contributed by atoms with Gasteiger partial charge >= 0.3 is 6.03 Å². The lowest BCUT2D eigenvalue weighted by molar-refractivity contribution is -0.143. The summed E-state index contributed by atoms with van der Waals surface area (Å²) in [5.41, 5.74) is 4.05. The molecule has 3 aliphatic rings. The van der Waals surface area contributed by atoms with E-state index in [1.54, 1.807) is 4.90 Å². The SMILES string of the molecule is CC[C@H]1C[C@@]12C[C@@H](C(=O)NC(CC1CCC1)C(=O)C(N)=O)N(C(=O)[C@@H](NC(=O)NC(C)(C)C)C(C)(C)C)C2. The van der Waals surface area contributed by atoms with E-state index in [0.29, 0.717) is 25.3 Å². The Morgan fingerprint density at radius 1 is 1.00 bits per heavy atom. The number of nitrogens with one attached hydrogen (secondary N) is 3. The van der Waals surface area contributed by atoms with Gasteiger partial charge in [-0.15, -0.1) is 0 Å². The fourth-order valence-corrected chi connectivity index (χ4v) is 5.98. The van der Waals surface area contributed by atoms with Crippen molar-refractivity contribution in [3.05, 3.63) is 0 Å². The number of amides is 5. The molecule has 10 nitrogen and oxygen atoms in total. The summed E-state index contributed by atoms with van der Waals surface area (Å²) >= 11 is 0. The third-order valence-corrected chi connectivity index (χ3v) is 8.45. The predicted octanol–water partition coefficient (Wildman–Crippen LogP) is 2.25. The molecule has 5 N–H and O–H groups in total. The van der Waals surface area contributed by atoms with Crippen molar-refractivity contribution in [2.24, 2.45) is 28.4 Å². The fourth-order valence-electron chi connectivity index (χ4n) is 5.98. The molecule has 0 aromatic heterocycles. The topological polar surface area (TPSA) is 151 Å². The minimum Gasteiger partial charge on any atom is -0.363 e. The highest BCUT2D eigenvalue weighted by molar-refractivity contribution is 6.37. The highest BCUT2D eigenvalue weighted by atomic mass is 16.2. The predicted molar refractivity (Wildman–Crippen MR) is 144 cm³/mol. The zero-order valence-corrected chi connectivity index (χ0v) is 24.1. The van der Waals surface area contributed by atoms with E-state index in [1.807, 2.05) is 41.5 Å². The molecule has 1 aliphatic heterocycles. The van der Waals surface area contributed by atoms with Crippen LogP contribution in [0.4, 0.5) is 4.79 Å². The summed E-state index contributed by atoms with van der Waals surface area (Å²) in [6.07, 6.45) is 5.71. The Bertz CT molecular complexity index is 964. The molecular weight excluding hydrogens is 486 g/mol. The Morgan fingerprint density at radius 2 is 1.63 bits per heavy atom. The number of primary amides is 1. The van der Waals surface area contributed by atoms with Gasteiger partial charge in [-0.3, -0.25) is 19.2 Å². The highest BCUT2D eigenvalue weighted by Gasteiger charge is 2.62. The normalized spacial score (nSPS) is 26.8. The number of carbonyl (C=O) groups excluding carboxylic acids is 5. The molecule has 1 unspecified atom stereocenters. The second kappa shape index (κ2) is 10.8. The first-order chi connectivity index (χ1) is 17.5. The summed E-state index contributed by atoms with van der Waals surface area (Å²) in [4.78, 5) is 66.3. The Kier molecular flexibility index (Phi) is 8.53. The third-order valence-electron chi connectivity index (χ3n) is 8.45. The van der Waals surface area contributed by atoms with Gasteiger partial charge in [-0.2, -0.15) is 0 Å². The average molecular weight is 534 g/mol. The van der Waals surface area contributed by atoms with Crippen molar-refractivity contribution < 1.29 is 24.0 Å². The summed E-state index contributed by atoms with van der Waals surface area (Å²) in [5, 5.41) is 8.48. The largest absolute Gasteiger partial charge is 0.363 e. The number of hydrogen-bond donors (Lipinski definition) is 4. The quantitative estimate of drug-likeness (QED) is 0.335. The second-order valence-electron chi connectivity index (χ2n) is 13.8. The van der Waals surface area contributed by atoms with Crippen LogP contribution in [0.25, 0.3) is 0 Å². The van der Waals surface area contributed by atoms with E-state index in [9.17, 15) is 24.0 Å². The second-order valence-corrected chi connectivity index (χ2v) is 13.8. The van der Waals surface area contributed by atoms with Crippen molar-refractivity contribution in [2.45, 2.75) is 117 Å². The molecule has 2 saturated carbocycles. The molecule has 214 valence electrons. The first kappa shape index (κ1) is 29.9. The molecular formula is C28H47N5O5. The van der Waals surface area contributed by atoms with Crippen molar-refractivity contribution in [1.29, 1.82) is 0 Å². The summed E-state index contributed by atoms with van der Waals surface area (Å²) in [6, 6.07) is -3.10. The maximum absolute atomic E-state index is 14.0. The van der Waals surface area contributed by atoms with Gasteiger partial charge in [-0.1, -0.05) is 53.4 Å². The van der Waals surface area contributed by atoms with Gasteiger partial charge < -0.3 is 26.6 Å². The zero-order valence-electron chi connectivity index (χ0n) is 24.1. The lowest BCUT2D eigenvalue weighted by Gasteiger charge is -2.36. The van der Waals surface area contributed by atoms with E-state index in [4.69, 9.17) is 5.73 Å². The van der Waals surface area contributed by atoms with Crippen LogP contribution in [0.3, 0.4) is 0 Å². The number of nitrogens with zero attached hydrogens (tertiary/aromatic N) is 1. The molecule has 5 atom stereocenters. The van der Waals surface area contributed by atoms with Gasteiger partial charge in [0.05, 0.1) is 6.04 Å². The van der Waals surface area contributed by atoms with Crippen LogP contribution in [-0.4, -0.2) is 64.6 Å². The molecule has 1 saturated heterocycles. The molecule has 0 aromatic carbocycles. The average Bonchev–Trinajstić information content (AvgIpc) is 3.29. The van der Waals surface area contributed by atoms with E-state index < -0.39 is 52.7 Å². The van der Waals surface area contributed by atoms with E-state index in [2.05, 4.69) is 22.9 Å². The first-order valence-corrected chi connectivity index (χ1v) is 14.0. The van der Waals surface area contributed by atoms with Gasteiger partial charge in [0.1, 0.15) is 12.1 Å². The van der Waals surface area contributed by atoms with Crippen LogP contribution in [-0.2, 0) is 19.2 Å². The third kappa shape index (κ3) is 6.86. The van der Waals surface area contributed by atoms with Crippen molar-refractivity contribution >= 4 is 29.5 Å². The molecule has 1 spiro atoms. The van der Waals surface area contributed by atoms with Crippen LogP contribution < -0.4 is 21.7 Å². The molecule has 1 heterocycles. The number of nitrogens with two attached hydrogens (primary N) is 1. The molecule has 38 heavy (non-hydrogen) atoms. The lowest BCUT2D eigenvalue weighted by atomic mass is 9.80. The highest BCUT2D eigenvalue weighted by Crippen LogP contribution is 2.61. The van der Waals surface area contributed by atoms with Crippen LogP contribution in [0.2, 0.25) is 0 Å². The number of Topliss-reactive ketones (excluding diaryl/α,β-unsaturated/α-hetero) is 1. The smallest absolute Gasteiger partial charge is 0.315 e. The Hall–Kier alpha value is -2.65. The van der Waals surface area contributed by atoms with Crippen LogP contribution >= 0.6 is 0 Å². The van der Waals surface area contributed by atoms with Gasteiger partial charge in [0.25, 0.3) is 5.91 Å². The maximum atomic E-state index is 14.0. The standard InChI is InChI=1S/C28H47N5O5/c1-8-17-13-28(17)14-19(23(36)30-18(20(34)22(29)35)12-16-10-9-11-16)33(15-28)24(37)21(26(2,3)4)31-25(38)32-27(5,6)7/h16-19,21H,8-15H2,1-7H3,(H2,29,35)(H,30,36)(H2,31,32,38)/t17-,18?,19-,21+,28-/m0/s1. The molecule has 0 radical (unpaired) electrons. The van der Waals surface area contributed by atoms with Gasteiger partial charge in [-0.05, 0) is 62.7 Å². The number of rotatable bonds is 9. The summed E-state index contributed by atoms with van der Waals surface area (Å²) in [7, 11) is 0. The van der Waals surface area contributed by atoms with Crippen molar-refractivity contribution in [3.63, 3.8) is 0 Å². The van der Waals surface area contributed by atoms with Gasteiger partial charge in [0.2, 0.25) is 17.6 Å². The molecule has 0 aromatic rings. The number of urea groups is 1. The Labute approximate surface area is 226 Å². The summed E-state index contributed by atoms with van der Waals surface area (Å²) < 4.78 is 0. The van der Waals surface area contributed by atoms with E-state index in [0.717, 1.165) is 32.1 Å². The number of likely N-dealkylation sites (tertiary alicyclic amines) is 1. The monoisotopic (exact) mass is 533 g/mol. The van der Waals surface area contributed by atoms with Gasteiger partial charge in [-0.25, -0.2) is 4.79 Å². The summed E-state index contributed by atoms with van der Waals surface area (Å²) in [6.45, 7) is 13.7. The van der Waals surface area contributed by atoms with Crippen LogP contribution in [0.15, 0.2) is 0 Å². The van der Waals surface area contributed by atoms with Crippen LogP contribution in [0, 0.1) is 22.7 Å². The molecule has 10 heteroatoms. The van der Waals surface area contributed by atoms with Crippen molar-refractivity contribution in [2.75, 3.05) is 6.54 Å². The van der Waals surface area contributed by atoms with E-state index in [1.165, 1.54) is 0 Å². The lowest BCUT2D eigenvalue weighted by Crippen LogP contribution is -2.61. The molecule has 3 fully saturated rings. The first-order valence-electron chi connectivity index (χ1n) is 14.0. The number of ketones is 1. The zero-order chi connectivity index (χ0) is 28.6. The molecule has 0 bridgehead atoms. The van der Waals surface area contributed by atoms with Gasteiger partial charge in [0.15, 0.2) is 0 Å². The van der Waals surface area contributed by atoms with E-state index >= 15 is 0 Å². The molecule has 3 rings (SSSR count). The fraction of sp³-hybridized carbons (Fsp3) is 0.821. The summed E-state index contributed by atoms with van der Waals surface area (Å²) in [5.74, 6) is -1.96. The minimum atomic E-state index is -1.07. The Morgan fingerprint density at radius 3 is 2.08 bits per heavy atom. The number of hydrogen-bond acceptors (Lipinski definition) is 5. The van der Waals surface area contributed by atoms with E-state index in [-0.39, 0.29) is 17.2 Å². The molecule has 5 amide bonds. The number of carbonyl (C=O) groups is 5. The van der Waals surface area contributed by atoms with Crippen molar-refractivity contribution in [1.82, 2.24) is 20.9 Å². The van der Waals surface area contributed by atoms with Crippen LogP contribution in [0.1, 0.15) is 93.4 Å². The van der Waals surface area contributed by atoms with Gasteiger partial charge in [0, 0.05) is 12.1 Å². The Balaban J connectivity index is 1.84. The van der Waals surface area contributed by atoms with Crippen LogP contribution in [0.5, 0.6) is 0 Å². The van der Waals surface area contributed by atoms with Crippen molar-refractivity contribution in [3.8, 4) is 0 Å². The molecule has 2 aliphatic carbocycles.